The SMILES string of the molecule is CS(=O)(=O)CCCC(=O)Nc1c(Cl)cc(Cl)cc1Cl. The largest absolute Gasteiger partial charge is 0.324 e. The van der Waals surface area contributed by atoms with Gasteiger partial charge in [-0.1, -0.05) is 34.8 Å². The summed E-state index contributed by atoms with van der Waals surface area (Å²) in [4.78, 5) is 11.6. The summed E-state index contributed by atoms with van der Waals surface area (Å²) in [6, 6.07) is 2.92. The quantitative estimate of drug-likeness (QED) is 0.890. The summed E-state index contributed by atoms with van der Waals surface area (Å²) in [5.74, 6) is -0.391. The van der Waals surface area contributed by atoms with Crippen LogP contribution in [0.5, 0.6) is 0 Å². The van der Waals surface area contributed by atoms with Gasteiger partial charge in [-0.2, -0.15) is 0 Å². The monoisotopic (exact) mass is 343 g/mol. The van der Waals surface area contributed by atoms with E-state index in [-0.39, 0.29) is 40.2 Å². The maximum atomic E-state index is 11.6. The number of hydrogen-bond donors (Lipinski definition) is 1. The Bertz CT molecular complexity index is 564. The van der Waals surface area contributed by atoms with E-state index in [0.717, 1.165) is 6.26 Å². The molecule has 1 aromatic carbocycles. The lowest BCUT2D eigenvalue weighted by molar-refractivity contribution is -0.116. The molecular weight excluding hydrogens is 333 g/mol. The van der Waals surface area contributed by atoms with Crippen molar-refractivity contribution in [3.63, 3.8) is 0 Å². The number of benzene rings is 1. The Morgan fingerprint density at radius 3 is 2.21 bits per heavy atom. The molecule has 4 nitrogen and oxygen atoms in total. The van der Waals surface area contributed by atoms with Gasteiger partial charge in [0.05, 0.1) is 21.5 Å². The van der Waals surface area contributed by atoms with Crippen molar-refractivity contribution in [3.05, 3.63) is 27.2 Å². The first-order valence-electron chi connectivity index (χ1n) is 5.31. The van der Waals surface area contributed by atoms with E-state index in [1.807, 2.05) is 0 Å². The highest BCUT2D eigenvalue weighted by Crippen LogP contribution is 2.33. The molecule has 0 aliphatic rings. The predicted molar refractivity (Wildman–Crippen MR) is 79.0 cm³/mol. The highest BCUT2D eigenvalue weighted by molar-refractivity contribution is 7.90. The fraction of sp³-hybridized carbons (Fsp3) is 0.364. The molecule has 8 heteroatoms. The lowest BCUT2D eigenvalue weighted by Crippen LogP contribution is -2.14. The smallest absolute Gasteiger partial charge is 0.224 e. The second-order valence-corrected chi connectivity index (χ2v) is 7.54. The van der Waals surface area contributed by atoms with Crippen molar-refractivity contribution in [2.24, 2.45) is 0 Å². The molecule has 0 fully saturated rings. The van der Waals surface area contributed by atoms with Crippen LogP contribution in [0.25, 0.3) is 0 Å². The summed E-state index contributed by atoms with van der Waals surface area (Å²) < 4.78 is 21.9. The van der Waals surface area contributed by atoms with Crippen LogP contribution in [-0.2, 0) is 14.6 Å². The minimum atomic E-state index is -3.06. The molecule has 0 aliphatic carbocycles. The maximum Gasteiger partial charge on any atom is 0.224 e. The van der Waals surface area contributed by atoms with Crippen molar-refractivity contribution in [1.82, 2.24) is 0 Å². The molecule has 1 aromatic rings. The minimum absolute atomic E-state index is 0.0392. The van der Waals surface area contributed by atoms with E-state index in [2.05, 4.69) is 5.32 Å². The average Bonchev–Trinajstić information content (AvgIpc) is 2.21. The number of nitrogens with one attached hydrogen (secondary N) is 1. The van der Waals surface area contributed by atoms with Crippen molar-refractivity contribution in [1.29, 1.82) is 0 Å². The Balaban J connectivity index is 2.63. The Morgan fingerprint density at radius 2 is 1.74 bits per heavy atom. The second-order valence-electron chi connectivity index (χ2n) is 4.03. The summed E-state index contributed by atoms with van der Waals surface area (Å²) in [7, 11) is -3.06. The van der Waals surface area contributed by atoms with Crippen molar-refractivity contribution < 1.29 is 13.2 Å². The third-order valence-corrected chi connectivity index (χ3v) is 4.03. The van der Waals surface area contributed by atoms with Crippen LogP contribution in [0.15, 0.2) is 12.1 Å². The van der Waals surface area contributed by atoms with Gasteiger partial charge >= 0.3 is 0 Å². The van der Waals surface area contributed by atoms with Crippen LogP contribution < -0.4 is 5.32 Å². The molecular formula is C11H12Cl3NO3S. The molecule has 0 heterocycles. The van der Waals surface area contributed by atoms with Gasteiger partial charge in [0.25, 0.3) is 0 Å². The van der Waals surface area contributed by atoms with Gasteiger partial charge in [0.15, 0.2) is 0 Å². The lowest BCUT2D eigenvalue weighted by Gasteiger charge is -2.09. The Morgan fingerprint density at radius 1 is 1.21 bits per heavy atom. The highest BCUT2D eigenvalue weighted by Gasteiger charge is 2.12. The van der Waals surface area contributed by atoms with Gasteiger partial charge in [-0.15, -0.1) is 0 Å². The number of sulfone groups is 1. The van der Waals surface area contributed by atoms with Gasteiger partial charge in [0, 0.05) is 17.7 Å². The topological polar surface area (TPSA) is 63.2 Å². The molecule has 0 radical (unpaired) electrons. The number of carbonyl (C=O) groups is 1. The van der Waals surface area contributed by atoms with E-state index >= 15 is 0 Å². The molecule has 106 valence electrons. The highest BCUT2D eigenvalue weighted by atomic mass is 35.5. The lowest BCUT2D eigenvalue weighted by atomic mass is 10.2. The van der Waals surface area contributed by atoms with Crippen LogP contribution in [0.4, 0.5) is 5.69 Å². The van der Waals surface area contributed by atoms with E-state index < -0.39 is 9.84 Å². The van der Waals surface area contributed by atoms with E-state index in [4.69, 9.17) is 34.8 Å². The van der Waals surface area contributed by atoms with Crippen LogP contribution in [0.3, 0.4) is 0 Å². The van der Waals surface area contributed by atoms with E-state index in [1.165, 1.54) is 12.1 Å². The Hall–Kier alpha value is -0.490. The molecule has 0 saturated carbocycles. The molecule has 1 amide bonds. The van der Waals surface area contributed by atoms with Crippen LogP contribution in [0.1, 0.15) is 12.8 Å². The zero-order valence-corrected chi connectivity index (χ0v) is 13.1. The van der Waals surface area contributed by atoms with Crippen molar-refractivity contribution >= 4 is 56.2 Å². The third-order valence-electron chi connectivity index (χ3n) is 2.19. The fourth-order valence-electron chi connectivity index (χ4n) is 1.36. The predicted octanol–water partition coefficient (Wildman–Crippen LogP) is 3.41. The third kappa shape index (κ3) is 5.99. The van der Waals surface area contributed by atoms with E-state index in [1.54, 1.807) is 0 Å². The minimum Gasteiger partial charge on any atom is -0.324 e. The molecule has 1 rings (SSSR count). The summed E-state index contributed by atoms with van der Waals surface area (Å²) in [6.07, 6.45) is 1.44. The molecule has 0 unspecified atom stereocenters. The van der Waals surface area contributed by atoms with Crippen LogP contribution in [-0.4, -0.2) is 26.3 Å². The summed E-state index contributed by atoms with van der Waals surface area (Å²) >= 11 is 17.6. The molecule has 0 atom stereocenters. The number of rotatable bonds is 5. The molecule has 19 heavy (non-hydrogen) atoms. The summed E-state index contributed by atoms with van der Waals surface area (Å²) in [5.41, 5.74) is 0.275. The number of carbonyl (C=O) groups excluding carboxylic acids is 1. The Labute approximate surface area is 127 Å². The summed E-state index contributed by atoms with van der Waals surface area (Å²) in [6.45, 7) is 0. The van der Waals surface area contributed by atoms with Gasteiger partial charge in [-0.3, -0.25) is 4.79 Å². The standard InChI is InChI=1S/C11H12Cl3NO3S/c1-19(17,18)4-2-3-10(16)15-11-8(13)5-7(12)6-9(11)14/h5-6H,2-4H2,1H3,(H,15,16). The van der Waals surface area contributed by atoms with Gasteiger partial charge in [-0.05, 0) is 18.6 Å². The second kappa shape index (κ2) is 6.79. The van der Waals surface area contributed by atoms with Gasteiger partial charge in [0.2, 0.25) is 5.91 Å². The zero-order valence-electron chi connectivity index (χ0n) is 10.0. The summed E-state index contributed by atoms with van der Waals surface area (Å²) in [5, 5.41) is 3.36. The van der Waals surface area contributed by atoms with Crippen molar-refractivity contribution in [2.75, 3.05) is 17.3 Å². The van der Waals surface area contributed by atoms with E-state index in [9.17, 15) is 13.2 Å². The first-order chi connectivity index (χ1) is 8.69. The van der Waals surface area contributed by atoms with Crippen LogP contribution in [0, 0.1) is 0 Å². The van der Waals surface area contributed by atoms with Crippen LogP contribution >= 0.6 is 34.8 Å². The molecule has 0 saturated heterocycles. The number of anilines is 1. The molecule has 1 N–H and O–H groups in total. The Kier molecular flexibility index (Phi) is 5.92. The first kappa shape index (κ1) is 16.6. The van der Waals surface area contributed by atoms with Gasteiger partial charge in [-0.25, -0.2) is 8.42 Å². The fourth-order valence-corrected chi connectivity index (χ4v) is 2.94. The van der Waals surface area contributed by atoms with Gasteiger partial charge in [0.1, 0.15) is 9.84 Å². The molecule has 0 aromatic heterocycles. The van der Waals surface area contributed by atoms with Crippen LogP contribution in [0.2, 0.25) is 15.1 Å². The van der Waals surface area contributed by atoms with Gasteiger partial charge < -0.3 is 5.32 Å². The zero-order chi connectivity index (χ0) is 14.6. The normalized spacial score (nSPS) is 11.4. The first-order valence-corrected chi connectivity index (χ1v) is 8.50. The number of amides is 1. The van der Waals surface area contributed by atoms with Crippen molar-refractivity contribution in [2.45, 2.75) is 12.8 Å². The molecule has 0 spiro atoms. The number of halogens is 3. The van der Waals surface area contributed by atoms with Crippen molar-refractivity contribution in [3.8, 4) is 0 Å². The maximum absolute atomic E-state index is 11.6. The average molecular weight is 345 g/mol. The molecule has 0 bridgehead atoms. The molecule has 0 aliphatic heterocycles. The van der Waals surface area contributed by atoms with E-state index in [0.29, 0.717) is 5.02 Å². The number of hydrogen-bond acceptors (Lipinski definition) is 3.